The maximum Gasteiger partial charge on any atom is 0.410 e. The quantitative estimate of drug-likeness (QED) is 0.581. The van der Waals surface area contributed by atoms with E-state index in [0.717, 1.165) is 29.5 Å². The molecule has 1 aliphatic heterocycles. The number of benzene rings is 1. The van der Waals surface area contributed by atoms with Gasteiger partial charge in [-0.05, 0) is 56.2 Å². The molecule has 1 aromatic rings. The highest BCUT2D eigenvalue weighted by molar-refractivity contribution is 5.83. The Morgan fingerprint density at radius 3 is 2.15 bits per heavy atom. The van der Waals surface area contributed by atoms with Crippen LogP contribution in [0, 0.1) is 19.8 Å². The Hall–Kier alpha value is -2.37. The van der Waals surface area contributed by atoms with E-state index in [4.69, 9.17) is 9.47 Å². The lowest BCUT2D eigenvalue weighted by Gasteiger charge is -2.30. The van der Waals surface area contributed by atoms with Crippen LogP contribution in [0.5, 0.6) is 5.75 Å². The van der Waals surface area contributed by atoms with Crippen molar-refractivity contribution >= 4 is 17.8 Å². The first-order chi connectivity index (χ1) is 12.7. The van der Waals surface area contributed by atoms with E-state index < -0.39 is 12.2 Å². The molecule has 1 atom stereocenters. The first-order valence-electron chi connectivity index (χ1n) is 9.42. The number of amides is 1. The van der Waals surface area contributed by atoms with Gasteiger partial charge in [-0.3, -0.25) is 9.59 Å². The van der Waals surface area contributed by atoms with Crippen molar-refractivity contribution in [3.8, 4) is 5.75 Å². The van der Waals surface area contributed by atoms with E-state index in [1.54, 1.807) is 4.90 Å². The maximum absolute atomic E-state index is 12.4. The molecule has 27 heavy (non-hydrogen) atoms. The maximum atomic E-state index is 12.4. The van der Waals surface area contributed by atoms with Crippen LogP contribution in [0.2, 0.25) is 0 Å². The number of aryl methyl sites for hydroxylation is 2. The predicted octanol–water partition coefficient (Wildman–Crippen LogP) is 3.60. The van der Waals surface area contributed by atoms with Crippen molar-refractivity contribution in [2.75, 3.05) is 13.1 Å². The minimum absolute atomic E-state index is 0.187. The Kier molecular flexibility index (Phi) is 6.99. The monoisotopic (exact) mass is 375 g/mol. The van der Waals surface area contributed by atoms with Gasteiger partial charge in [-0.15, -0.1) is 0 Å². The molecule has 1 saturated heterocycles. The number of carbonyl (C=O) groups is 3. The highest BCUT2D eigenvalue weighted by Gasteiger charge is 2.26. The number of ketones is 1. The fourth-order valence-corrected chi connectivity index (χ4v) is 3.33. The van der Waals surface area contributed by atoms with Gasteiger partial charge in [0.1, 0.15) is 5.75 Å². The van der Waals surface area contributed by atoms with Gasteiger partial charge in [-0.1, -0.05) is 19.1 Å². The smallest absolute Gasteiger partial charge is 0.410 e. The van der Waals surface area contributed by atoms with Crippen LogP contribution < -0.4 is 4.74 Å². The molecule has 0 aromatic heterocycles. The molecule has 1 amide bonds. The number of Topliss-reactive ketones (excluding diaryl/α,β-unsaturated/α-hetero) is 1. The van der Waals surface area contributed by atoms with Gasteiger partial charge in [0.2, 0.25) is 0 Å². The average Bonchev–Trinajstić information content (AvgIpc) is 2.57. The Labute approximate surface area is 160 Å². The number of hydrogen-bond donors (Lipinski definition) is 0. The number of nitrogens with zero attached hydrogens (tertiary/aromatic N) is 1. The third kappa shape index (κ3) is 5.81. The summed E-state index contributed by atoms with van der Waals surface area (Å²) >= 11 is 0. The zero-order chi connectivity index (χ0) is 20.1. The molecule has 1 aromatic carbocycles. The second kappa shape index (κ2) is 9.02. The molecule has 0 bridgehead atoms. The molecule has 0 spiro atoms. The second-order valence-corrected chi connectivity index (χ2v) is 7.51. The molecule has 6 nitrogen and oxygen atoms in total. The molecule has 0 N–H and O–H groups in total. The highest BCUT2D eigenvalue weighted by atomic mass is 16.6. The second-order valence-electron chi connectivity index (χ2n) is 7.51. The summed E-state index contributed by atoms with van der Waals surface area (Å²) in [4.78, 5) is 37.4. The third-order valence-corrected chi connectivity index (χ3v) is 4.93. The fraction of sp³-hybridized carbons (Fsp3) is 0.571. The predicted molar refractivity (Wildman–Crippen MR) is 102 cm³/mol. The molecule has 148 valence electrons. The molecule has 0 unspecified atom stereocenters. The van der Waals surface area contributed by atoms with Crippen molar-refractivity contribution in [2.24, 2.45) is 5.92 Å². The molecule has 0 aliphatic carbocycles. The molecule has 2 rings (SSSR count). The average molecular weight is 375 g/mol. The van der Waals surface area contributed by atoms with E-state index in [9.17, 15) is 14.4 Å². The first-order valence-corrected chi connectivity index (χ1v) is 9.42. The molecular weight excluding hydrogens is 346 g/mol. The summed E-state index contributed by atoms with van der Waals surface area (Å²) in [7, 11) is 0. The van der Waals surface area contributed by atoms with Crippen LogP contribution in [0.15, 0.2) is 12.1 Å². The molecule has 0 saturated carbocycles. The van der Waals surface area contributed by atoms with E-state index >= 15 is 0 Å². The van der Waals surface area contributed by atoms with Crippen molar-refractivity contribution in [3.63, 3.8) is 0 Å². The van der Waals surface area contributed by atoms with Crippen LogP contribution in [0.4, 0.5) is 4.79 Å². The van der Waals surface area contributed by atoms with Gasteiger partial charge < -0.3 is 14.4 Å². The van der Waals surface area contributed by atoms with Gasteiger partial charge >= 0.3 is 12.1 Å². The Morgan fingerprint density at radius 2 is 1.67 bits per heavy atom. The van der Waals surface area contributed by atoms with Crippen LogP contribution in [0.3, 0.4) is 0 Å². The SMILES string of the molecule is CC(=O)Oc1c(C)cc(C[C@@H](OC(=O)N2CCC(C)CC2)C(C)=O)cc1C. The van der Waals surface area contributed by atoms with Crippen LogP contribution in [0.1, 0.15) is 50.3 Å². The number of carbonyl (C=O) groups excluding carboxylic acids is 3. The van der Waals surface area contributed by atoms with Crippen molar-refractivity contribution in [3.05, 3.63) is 28.8 Å². The number of hydrogen-bond acceptors (Lipinski definition) is 5. The van der Waals surface area contributed by atoms with Crippen LogP contribution >= 0.6 is 0 Å². The number of piperidine rings is 1. The minimum atomic E-state index is -0.824. The molecule has 0 radical (unpaired) electrons. The van der Waals surface area contributed by atoms with Crippen molar-refractivity contribution in [1.29, 1.82) is 0 Å². The summed E-state index contributed by atoms with van der Waals surface area (Å²) in [5.74, 6) is 0.581. The van der Waals surface area contributed by atoms with Crippen LogP contribution in [-0.4, -0.2) is 41.9 Å². The normalized spacial score (nSPS) is 16.0. The number of likely N-dealkylation sites (tertiary alicyclic amines) is 1. The van der Waals surface area contributed by atoms with Crippen molar-refractivity contribution in [2.45, 2.75) is 60.0 Å². The van der Waals surface area contributed by atoms with Crippen LogP contribution in [0.25, 0.3) is 0 Å². The molecule has 1 aliphatic rings. The van der Waals surface area contributed by atoms with E-state index in [-0.39, 0.29) is 11.8 Å². The van der Waals surface area contributed by atoms with E-state index in [0.29, 0.717) is 31.2 Å². The van der Waals surface area contributed by atoms with Gasteiger partial charge in [0, 0.05) is 26.4 Å². The van der Waals surface area contributed by atoms with Gasteiger partial charge in [0.05, 0.1) is 0 Å². The number of rotatable bonds is 5. The summed E-state index contributed by atoms with van der Waals surface area (Å²) in [5, 5.41) is 0. The van der Waals surface area contributed by atoms with Gasteiger partial charge in [0.15, 0.2) is 11.9 Å². The van der Waals surface area contributed by atoms with Crippen LogP contribution in [-0.2, 0) is 20.7 Å². The van der Waals surface area contributed by atoms with Crippen molar-refractivity contribution in [1.82, 2.24) is 4.90 Å². The first kappa shape index (κ1) is 20.9. The Morgan fingerprint density at radius 1 is 1.11 bits per heavy atom. The van der Waals surface area contributed by atoms with Gasteiger partial charge in [-0.2, -0.15) is 0 Å². The summed E-state index contributed by atoms with van der Waals surface area (Å²) < 4.78 is 10.8. The molecule has 6 heteroatoms. The Balaban J connectivity index is 2.08. The molecule has 1 fully saturated rings. The topological polar surface area (TPSA) is 72.9 Å². The lowest BCUT2D eigenvalue weighted by molar-refractivity contribution is -0.132. The van der Waals surface area contributed by atoms with Gasteiger partial charge in [-0.25, -0.2) is 4.79 Å². The third-order valence-electron chi connectivity index (χ3n) is 4.93. The summed E-state index contributed by atoms with van der Waals surface area (Å²) in [6.07, 6.45) is 0.959. The summed E-state index contributed by atoms with van der Waals surface area (Å²) in [5.41, 5.74) is 2.47. The highest BCUT2D eigenvalue weighted by Crippen LogP contribution is 2.26. The zero-order valence-corrected chi connectivity index (χ0v) is 16.8. The van der Waals surface area contributed by atoms with Crippen molar-refractivity contribution < 1.29 is 23.9 Å². The van der Waals surface area contributed by atoms with Gasteiger partial charge in [0.25, 0.3) is 0 Å². The lowest BCUT2D eigenvalue weighted by atomic mass is 9.99. The summed E-state index contributed by atoms with van der Waals surface area (Å²) in [6, 6.07) is 3.72. The lowest BCUT2D eigenvalue weighted by Crippen LogP contribution is -2.41. The van der Waals surface area contributed by atoms with E-state index in [1.807, 2.05) is 26.0 Å². The number of ether oxygens (including phenoxy) is 2. The zero-order valence-electron chi connectivity index (χ0n) is 16.8. The summed E-state index contributed by atoms with van der Waals surface area (Å²) in [6.45, 7) is 9.99. The molecular formula is C21H29NO5. The molecule has 1 heterocycles. The number of esters is 1. The standard InChI is InChI=1S/C21H29NO5/c1-13-6-8-22(9-7-13)21(25)27-19(16(4)23)12-18-10-14(2)20(15(3)11-18)26-17(5)24/h10-11,13,19H,6-9,12H2,1-5H3/t19-/m1/s1. The van der Waals surface area contributed by atoms with E-state index in [2.05, 4.69) is 6.92 Å². The Bertz CT molecular complexity index is 696. The minimum Gasteiger partial charge on any atom is -0.438 e. The fourth-order valence-electron chi connectivity index (χ4n) is 3.33. The van der Waals surface area contributed by atoms with E-state index in [1.165, 1.54) is 13.8 Å². The largest absolute Gasteiger partial charge is 0.438 e.